The van der Waals surface area contributed by atoms with Gasteiger partial charge in [0.1, 0.15) is 12.4 Å². The van der Waals surface area contributed by atoms with Crippen molar-refractivity contribution in [1.82, 2.24) is 14.3 Å². The summed E-state index contributed by atoms with van der Waals surface area (Å²) < 4.78 is 8.15. The van der Waals surface area contributed by atoms with E-state index >= 15 is 0 Å². The molecule has 1 saturated heterocycles. The summed E-state index contributed by atoms with van der Waals surface area (Å²) in [6.45, 7) is 3.86. The maximum absolute atomic E-state index is 5.88. The highest BCUT2D eigenvalue weighted by molar-refractivity contribution is 7.98. The highest BCUT2D eigenvalue weighted by atomic mass is 32.2. The third-order valence-electron chi connectivity index (χ3n) is 5.56. The molecule has 0 bridgehead atoms. The van der Waals surface area contributed by atoms with E-state index in [1.54, 1.807) is 11.9 Å². The van der Waals surface area contributed by atoms with Crippen LogP contribution < -0.4 is 15.0 Å². The van der Waals surface area contributed by atoms with E-state index in [1.807, 2.05) is 12.3 Å². The maximum Gasteiger partial charge on any atom is 0.143 e. The fourth-order valence-electron chi connectivity index (χ4n) is 4.07. The highest BCUT2D eigenvalue weighted by Crippen LogP contribution is 2.38. The van der Waals surface area contributed by atoms with E-state index < -0.39 is 0 Å². The van der Waals surface area contributed by atoms with E-state index in [9.17, 15) is 0 Å². The van der Waals surface area contributed by atoms with Gasteiger partial charge in [-0.3, -0.25) is 8.96 Å². The summed E-state index contributed by atoms with van der Waals surface area (Å²) in [5, 5.41) is 3.46. The highest BCUT2D eigenvalue weighted by Gasteiger charge is 2.22. The van der Waals surface area contributed by atoms with Crippen molar-refractivity contribution >= 4 is 28.7 Å². The number of ether oxygens (including phenoxy) is 1. The Morgan fingerprint density at radius 2 is 2.11 bits per heavy atom. The molecule has 1 fully saturated rings. The Kier molecular flexibility index (Phi) is 4.45. The van der Waals surface area contributed by atoms with Crippen molar-refractivity contribution in [3.05, 3.63) is 48.3 Å². The first-order valence-corrected chi connectivity index (χ1v) is 10.4. The van der Waals surface area contributed by atoms with Gasteiger partial charge in [0.2, 0.25) is 0 Å². The first kappa shape index (κ1) is 17.0. The molecule has 1 N–H and O–H groups in total. The number of likely N-dealkylation sites (N-methyl/N-ethyl adjacent to an activating group) is 1. The van der Waals surface area contributed by atoms with Gasteiger partial charge in [-0.15, -0.1) is 0 Å². The van der Waals surface area contributed by atoms with Gasteiger partial charge >= 0.3 is 0 Å². The van der Waals surface area contributed by atoms with Gasteiger partial charge in [0.25, 0.3) is 0 Å². The van der Waals surface area contributed by atoms with E-state index in [2.05, 4.69) is 51.7 Å². The topological polar surface area (TPSA) is 42.3 Å². The zero-order chi connectivity index (χ0) is 18.2. The molecule has 5 nitrogen and oxygen atoms in total. The summed E-state index contributed by atoms with van der Waals surface area (Å²) in [6.07, 6.45) is 6.56. The lowest BCUT2D eigenvalue weighted by atomic mass is 9.91. The molecule has 1 aromatic carbocycles. The first-order chi connectivity index (χ1) is 13.3. The molecule has 5 rings (SSSR count). The molecular formula is C21H24N4OS. The summed E-state index contributed by atoms with van der Waals surface area (Å²) >= 11 is 1.74. The Morgan fingerprint density at radius 1 is 1.22 bits per heavy atom. The number of nitrogens with one attached hydrogen (secondary N) is 1. The second kappa shape index (κ2) is 7.09. The van der Waals surface area contributed by atoms with E-state index in [-0.39, 0.29) is 0 Å². The number of rotatable bonds is 3. The van der Waals surface area contributed by atoms with Gasteiger partial charge in [-0.2, -0.15) is 0 Å². The van der Waals surface area contributed by atoms with Crippen molar-refractivity contribution in [2.75, 3.05) is 38.2 Å². The Bertz CT molecular complexity index is 964. The lowest BCUT2D eigenvalue weighted by molar-refractivity contribution is 0.310. The lowest BCUT2D eigenvalue weighted by Crippen LogP contribution is -2.28. The molecule has 0 amide bonds. The fourth-order valence-corrected chi connectivity index (χ4v) is 5.00. The number of benzene rings is 1. The van der Waals surface area contributed by atoms with Crippen LogP contribution in [0.15, 0.2) is 47.6 Å². The van der Waals surface area contributed by atoms with Gasteiger partial charge in [0.15, 0.2) is 0 Å². The first-order valence-electron chi connectivity index (χ1n) is 9.62. The van der Waals surface area contributed by atoms with Crippen LogP contribution in [0.2, 0.25) is 0 Å². The third-order valence-corrected chi connectivity index (χ3v) is 6.53. The van der Waals surface area contributed by atoms with Crippen molar-refractivity contribution in [2.45, 2.75) is 23.7 Å². The molecule has 2 aliphatic rings. The van der Waals surface area contributed by atoms with Crippen LogP contribution in [0.4, 0.5) is 5.69 Å². The van der Waals surface area contributed by atoms with Gasteiger partial charge in [-0.05, 0) is 74.1 Å². The van der Waals surface area contributed by atoms with E-state index in [0.717, 1.165) is 37.5 Å². The fraction of sp³-hybridized carbons (Fsp3) is 0.381. The van der Waals surface area contributed by atoms with E-state index in [4.69, 9.17) is 9.72 Å². The zero-order valence-corrected chi connectivity index (χ0v) is 16.3. The lowest BCUT2D eigenvalue weighted by Gasteiger charge is -2.27. The maximum atomic E-state index is 5.88. The number of aromatic nitrogens is 2. The van der Waals surface area contributed by atoms with Gasteiger partial charge < -0.3 is 15.0 Å². The minimum atomic E-state index is 0.589. The number of nitrogens with zero attached hydrogens (tertiary/aromatic N) is 3. The quantitative estimate of drug-likeness (QED) is 0.747. The van der Waals surface area contributed by atoms with Crippen molar-refractivity contribution in [3.8, 4) is 5.75 Å². The molecule has 0 spiro atoms. The molecule has 27 heavy (non-hydrogen) atoms. The molecule has 4 heterocycles. The average Bonchev–Trinajstić information content (AvgIpc) is 3.07. The second-order valence-electron chi connectivity index (χ2n) is 7.30. The second-order valence-corrected chi connectivity index (χ2v) is 8.34. The predicted molar refractivity (Wildman–Crippen MR) is 111 cm³/mol. The normalized spacial score (nSPS) is 17.7. The summed E-state index contributed by atoms with van der Waals surface area (Å²) in [5.74, 6) is 1.56. The van der Waals surface area contributed by atoms with Crippen molar-refractivity contribution < 1.29 is 4.74 Å². The summed E-state index contributed by atoms with van der Waals surface area (Å²) in [7, 11) is 2.12. The van der Waals surface area contributed by atoms with Crippen LogP contribution in [0.1, 0.15) is 24.3 Å². The standard InChI is InChI=1S/C21H24N4OS/c1-24-11-12-26-20-13-16(4-5-18(20)24)27-25-14-17(15-6-9-22-10-7-15)21-19(25)3-2-8-23-21/h2-5,8,13-15,22H,6-7,9-12H2,1H3. The monoisotopic (exact) mass is 380 g/mol. The summed E-state index contributed by atoms with van der Waals surface area (Å²) in [4.78, 5) is 8.14. The SMILES string of the molecule is CN1CCOc2cc(Sn3cc(C4CCNCC4)c4ncccc43)ccc21. The molecule has 3 aromatic rings. The third kappa shape index (κ3) is 3.17. The minimum absolute atomic E-state index is 0.589. The molecule has 0 radical (unpaired) electrons. The number of pyridine rings is 1. The number of piperidine rings is 1. The smallest absolute Gasteiger partial charge is 0.143 e. The van der Waals surface area contributed by atoms with Crippen LogP contribution in [-0.4, -0.2) is 42.2 Å². The van der Waals surface area contributed by atoms with Gasteiger partial charge in [-0.1, -0.05) is 0 Å². The molecule has 0 saturated carbocycles. The number of anilines is 1. The van der Waals surface area contributed by atoms with Crippen molar-refractivity contribution in [3.63, 3.8) is 0 Å². The van der Waals surface area contributed by atoms with Gasteiger partial charge in [0, 0.05) is 29.9 Å². The van der Waals surface area contributed by atoms with E-state index in [0.29, 0.717) is 5.92 Å². The number of hydrogen-bond donors (Lipinski definition) is 1. The number of hydrogen-bond acceptors (Lipinski definition) is 5. The zero-order valence-electron chi connectivity index (χ0n) is 15.5. The van der Waals surface area contributed by atoms with Crippen molar-refractivity contribution in [1.29, 1.82) is 0 Å². The molecule has 140 valence electrons. The largest absolute Gasteiger partial charge is 0.490 e. The molecule has 0 atom stereocenters. The summed E-state index contributed by atoms with van der Waals surface area (Å²) in [6, 6.07) is 10.7. The van der Waals surface area contributed by atoms with E-state index in [1.165, 1.54) is 34.5 Å². The minimum Gasteiger partial charge on any atom is -0.490 e. The molecule has 2 aliphatic heterocycles. The Morgan fingerprint density at radius 3 is 3.00 bits per heavy atom. The van der Waals surface area contributed by atoms with Crippen LogP contribution in [0.5, 0.6) is 5.75 Å². The predicted octanol–water partition coefficient (Wildman–Crippen LogP) is 3.89. The molecule has 0 unspecified atom stereocenters. The molecule has 6 heteroatoms. The van der Waals surface area contributed by atoms with Gasteiger partial charge in [-0.25, -0.2) is 0 Å². The molecule has 0 aliphatic carbocycles. The van der Waals surface area contributed by atoms with Gasteiger partial charge in [0.05, 0.1) is 23.3 Å². The van der Waals surface area contributed by atoms with Crippen LogP contribution in [0.3, 0.4) is 0 Å². The molecular weight excluding hydrogens is 356 g/mol. The number of fused-ring (bicyclic) bond motifs is 2. The Labute approximate surface area is 163 Å². The van der Waals surface area contributed by atoms with Crippen LogP contribution in [0, 0.1) is 0 Å². The Hall–Kier alpha value is -2.18. The summed E-state index contributed by atoms with van der Waals surface area (Å²) in [5.41, 5.74) is 4.88. The van der Waals surface area contributed by atoms with Crippen LogP contribution >= 0.6 is 11.9 Å². The Balaban J connectivity index is 1.50. The average molecular weight is 381 g/mol. The molecule has 2 aromatic heterocycles. The van der Waals surface area contributed by atoms with Crippen LogP contribution in [0.25, 0.3) is 11.0 Å². The van der Waals surface area contributed by atoms with Crippen LogP contribution in [-0.2, 0) is 0 Å². The van der Waals surface area contributed by atoms with Crippen molar-refractivity contribution in [2.24, 2.45) is 0 Å².